The maximum absolute atomic E-state index is 10.3. The van der Waals surface area contributed by atoms with Crippen LogP contribution < -0.4 is 10.5 Å². The zero-order valence-corrected chi connectivity index (χ0v) is 18.1. The lowest BCUT2D eigenvalue weighted by molar-refractivity contribution is -0.133. The van der Waals surface area contributed by atoms with Gasteiger partial charge in [-0.1, -0.05) is 0 Å². The van der Waals surface area contributed by atoms with Gasteiger partial charge in [0, 0.05) is 6.42 Å². The molecule has 1 atom stereocenters. The van der Waals surface area contributed by atoms with Gasteiger partial charge in [0.05, 0.1) is 10.7 Å². The first-order valence-electron chi connectivity index (χ1n) is 6.39. The van der Waals surface area contributed by atoms with Gasteiger partial charge in [-0.15, -0.1) is 0 Å². The predicted octanol–water partition coefficient (Wildman–Crippen LogP) is 4.00. The Balaban J connectivity index is 2.22. The van der Waals surface area contributed by atoms with Crippen LogP contribution in [0.1, 0.15) is 5.56 Å². The fourth-order valence-electron chi connectivity index (χ4n) is 1.85. The summed E-state index contributed by atoms with van der Waals surface area (Å²) in [5.74, 6) is 1.61. The summed E-state index contributed by atoms with van der Waals surface area (Å²) in [7, 11) is 0. The fourth-order valence-corrected chi connectivity index (χ4v) is 4.45. The number of phenols is 1. The molecule has 0 amide bonds. The Labute approximate surface area is 174 Å². The maximum Gasteiger partial charge on any atom is 0.294 e. The third-order valence-electron chi connectivity index (χ3n) is 2.86. The van der Waals surface area contributed by atoms with Crippen molar-refractivity contribution in [1.82, 2.24) is 0 Å². The van der Waals surface area contributed by atoms with Crippen LogP contribution in [-0.4, -0.2) is 17.8 Å². The highest BCUT2D eigenvalue weighted by atomic mass is 127. The van der Waals surface area contributed by atoms with Crippen LogP contribution in [-0.2, 0) is 16.0 Å². The minimum atomic E-state index is -0.662. The lowest BCUT2D eigenvalue weighted by Crippen LogP contribution is -2.25. The number of halogens is 3. The number of rotatable bonds is 6. The molecule has 23 heavy (non-hydrogen) atoms. The van der Waals surface area contributed by atoms with E-state index in [2.05, 4.69) is 45.2 Å². The lowest BCUT2D eigenvalue weighted by Gasteiger charge is -2.14. The molecule has 0 saturated heterocycles. The van der Waals surface area contributed by atoms with Crippen molar-refractivity contribution in [2.45, 2.75) is 12.6 Å². The van der Waals surface area contributed by atoms with E-state index >= 15 is 0 Å². The Morgan fingerprint density at radius 3 is 2.35 bits per heavy atom. The minimum absolute atomic E-state index is 0.224. The summed E-state index contributed by atoms with van der Waals surface area (Å²) in [4.78, 5) is 10.3. The van der Waals surface area contributed by atoms with E-state index < -0.39 is 6.23 Å². The molecule has 0 aliphatic rings. The molecule has 3 N–H and O–H groups in total. The van der Waals surface area contributed by atoms with Crippen LogP contribution in [0.15, 0.2) is 30.3 Å². The summed E-state index contributed by atoms with van der Waals surface area (Å²) in [5.41, 5.74) is 6.65. The molecule has 0 spiro atoms. The minimum Gasteiger partial charge on any atom is -0.507 e. The molecule has 0 aromatic heterocycles. The van der Waals surface area contributed by atoms with E-state index in [9.17, 15) is 9.90 Å². The van der Waals surface area contributed by atoms with E-state index in [-0.39, 0.29) is 5.75 Å². The Kier molecular flexibility index (Phi) is 7.16. The van der Waals surface area contributed by atoms with E-state index in [1.54, 1.807) is 18.2 Å². The molecule has 0 fully saturated rings. The van der Waals surface area contributed by atoms with Crippen molar-refractivity contribution < 1.29 is 19.4 Å². The van der Waals surface area contributed by atoms with Gasteiger partial charge in [-0.2, -0.15) is 0 Å². The van der Waals surface area contributed by atoms with Gasteiger partial charge in [-0.3, -0.25) is 10.5 Å². The summed E-state index contributed by atoms with van der Waals surface area (Å²) < 4.78 is 13.2. The lowest BCUT2D eigenvalue weighted by atomic mass is 10.1. The molecule has 2 aromatic rings. The molecule has 0 aliphatic carbocycles. The van der Waals surface area contributed by atoms with Gasteiger partial charge in [-0.05, 0) is 104 Å². The number of benzene rings is 2. The number of phenolic OH excluding ortho intramolecular Hbond substituents is 1. The molecule has 0 heterocycles. The SMILES string of the molecule is NC(Cc1cc(I)c(Oc2ccc(O)c(I)c2)c(I)c1)OC=O. The van der Waals surface area contributed by atoms with Gasteiger partial charge in [-0.25, -0.2) is 0 Å². The molecule has 8 heteroatoms. The molecule has 0 saturated carbocycles. The molecule has 2 aromatic carbocycles. The van der Waals surface area contributed by atoms with Crippen molar-refractivity contribution in [3.05, 3.63) is 46.6 Å². The summed E-state index contributed by atoms with van der Waals surface area (Å²) >= 11 is 6.43. The highest BCUT2D eigenvalue weighted by Crippen LogP contribution is 2.34. The molecular weight excluding hydrogens is 639 g/mol. The third-order valence-corrected chi connectivity index (χ3v) is 5.33. The molecule has 1 unspecified atom stereocenters. The van der Waals surface area contributed by atoms with Gasteiger partial charge in [0.1, 0.15) is 11.5 Å². The number of nitrogens with two attached hydrogens (primary N) is 1. The molecule has 0 bridgehead atoms. The highest BCUT2D eigenvalue weighted by Gasteiger charge is 2.13. The number of carbonyl (C=O) groups is 1. The number of carbonyl (C=O) groups excluding carboxylic acids is 1. The Bertz CT molecular complexity index is 701. The number of hydrogen-bond acceptors (Lipinski definition) is 5. The number of hydrogen-bond donors (Lipinski definition) is 2. The van der Waals surface area contributed by atoms with Crippen molar-refractivity contribution in [2.75, 3.05) is 0 Å². The predicted molar refractivity (Wildman–Crippen MR) is 112 cm³/mol. The monoisotopic (exact) mass is 651 g/mol. The molecule has 0 aliphatic heterocycles. The van der Waals surface area contributed by atoms with Crippen molar-refractivity contribution in [2.24, 2.45) is 5.73 Å². The Morgan fingerprint density at radius 1 is 1.13 bits per heavy atom. The fraction of sp³-hybridized carbons (Fsp3) is 0.133. The number of aromatic hydroxyl groups is 1. The topological polar surface area (TPSA) is 81.8 Å². The zero-order chi connectivity index (χ0) is 17.0. The average Bonchev–Trinajstić information content (AvgIpc) is 2.47. The second kappa shape index (κ2) is 8.67. The van der Waals surface area contributed by atoms with Crippen molar-refractivity contribution in [3.63, 3.8) is 0 Å². The second-order valence-corrected chi connectivity index (χ2v) is 8.07. The molecule has 2 rings (SSSR count). The first-order valence-corrected chi connectivity index (χ1v) is 9.63. The zero-order valence-electron chi connectivity index (χ0n) is 11.6. The van der Waals surface area contributed by atoms with Gasteiger partial charge in [0.15, 0.2) is 12.0 Å². The molecular formula is C15H12I3NO4. The molecule has 0 radical (unpaired) electrons. The number of ether oxygens (including phenoxy) is 2. The summed E-state index contributed by atoms with van der Waals surface area (Å²) in [6.07, 6.45) is -0.230. The van der Waals surface area contributed by atoms with E-state index in [4.69, 9.17) is 15.2 Å². The highest BCUT2D eigenvalue weighted by molar-refractivity contribution is 14.1. The summed E-state index contributed by atoms with van der Waals surface area (Å²) in [5, 5.41) is 9.57. The summed E-state index contributed by atoms with van der Waals surface area (Å²) in [6, 6.07) is 8.96. The average molecular weight is 651 g/mol. The second-order valence-electron chi connectivity index (χ2n) is 4.58. The quantitative estimate of drug-likeness (QED) is 0.281. The van der Waals surface area contributed by atoms with Crippen molar-refractivity contribution in [3.8, 4) is 17.2 Å². The van der Waals surface area contributed by atoms with Crippen LogP contribution in [0.25, 0.3) is 0 Å². The molecule has 5 nitrogen and oxygen atoms in total. The first kappa shape index (κ1) is 19.0. The largest absolute Gasteiger partial charge is 0.507 e. The van der Waals surface area contributed by atoms with Gasteiger partial charge in [0.2, 0.25) is 0 Å². The Hall–Kier alpha value is -0.340. The van der Waals surface area contributed by atoms with Crippen LogP contribution in [0.3, 0.4) is 0 Å². The van der Waals surface area contributed by atoms with Crippen LogP contribution >= 0.6 is 67.8 Å². The maximum atomic E-state index is 10.3. The Morgan fingerprint density at radius 2 is 1.78 bits per heavy atom. The van der Waals surface area contributed by atoms with E-state index in [1.165, 1.54) is 0 Å². The normalized spacial score (nSPS) is 11.8. The van der Waals surface area contributed by atoms with Crippen LogP contribution in [0.2, 0.25) is 0 Å². The third kappa shape index (κ3) is 5.32. The van der Waals surface area contributed by atoms with Gasteiger partial charge < -0.3 is 14.6 Å². The van der Waals surface area contributed by atoms with Crippen molar-refractivity contribution in [1.29, 1.82) is 0 Å². The van der Waals surface area contributed by atoms with Crippen LogP contribution in [0, 0.1) is 10.7 Å². The standard InChI is InChI=1S/C15H12I3NO4/c16-10-6-9(1-2-13(10)21)23-15-11(17)3-8(4-12(15)18)5-14(19)22-7-20/h1-4,6-7,14,21H,5,19H2. The smallest absolute Gasteiger partial charge is 0.294 e. The van der Waals surface area contributed by atoms with Gasteiger partial charge in [0.25, 0.3) is 6.47 Å². The van der Waals surface area contributed by atoms with Crippen molar-refractivity contribution >= 4 is 74.2 Å². The van der Waals surface area contributed by atoms with E-state index in [0.717, 1.165) is 22.0 Å². The van der Waals surface area contributed by atoms with E-state index in [0.29, 0.717) is 18.6 Å². The van der Waals surface area contributed by atoms with Gasteiger partial charge >= 0.3 is 0 Å². The first-order chi connectivity index (χ1) is 10.9. The molecule has 122 valence electrons. The van der Waals surface area contributed by atoms with E-state index in [1.807, 2.05) is 34.7 Å². The van der Waals surface area contributed by atoms with Crippen LogP contribution in [0.5, 0.6) is 17.2 Å². The summed E-state index contributed by atoms with van der Waals surface area (Å²) in [6.45, 7) is 0.352. The van der Waals surface area contributed by atoms with Crippen LogP contribution in [0.4, 0.5) is 0 Å².